The van der Waals surface area contributed by atoms with Crippen LogP contribution in [0.5, 0.6) is 5.75 Å². The number of hydrogen-bond donors (Lipinski definition) is 2. The summed E-state index contributed by atoms with van der Waals surface area (Å²) >= 11 is 0. The monoisotopic (exact) mass is 238 g/mol. The van der Waals surface area contributed by atoms with E-state index < -0.39 is 12.2 Å². The van der Waals surface area contributed by atoms with Crippen LogP contribution in [0.25, 0.3) is 0 Å². The van der Waals surface area contributed by atoms with Gasteiger partial charge in [-0.15, -0.1) is 0 Å². The van der Waals surface area contributed by atoms with Gasteiger partial charge in [-0.1, -0.05) is 19.1 Å². The van der Waals surface area contributed by atoms with Crippen molar-refractivity contribution in [3.8, 4) is 5.75 Å². The van der Waals surface area contributed by atoms with Crippen molar-refractivity contribution in [2.45, 2.75) is 44.8 Å². The summed E-state index contributed by atoms with van der Waals surface area (Å²) in [6.45, 7) is 3.70. The second-order valence-electron chi connectivity index (χ2n) is 4.43. The van der Waals surface area contributed by atoms with Gasteiger partial charge in [0.15, 0.2) is 0 Å². The number of ether oxygens (including phenoxy) is 1. The van der Waals surface area contributed by atoms with Gasteiger partial charge in [0.1, 0.15) is 5.75 Å². The van der Waals surface area contributed by atoms with E-state index in [2.05, 4.69) is 6.92 Å². The fraction of sp³-hybridized carbons (Fsp3) is 0.571. The molecule has 1 aromatic carbocycles. The lowest BCUT2D eigenvalue weighted by atomic mass is 9.89. The molecule has 0 fully saturated rings. The quantitative estimate of drug-likeness (QED) is 0.799. The van der Waals surface area contributed by atoms with Gasteiger partial charge in [0.2, 0.25) is 0 Å². The molecule has 2 N–H and O–H groups in total. The van der Waals surface area contributed by atoms with Gasteiger partial charge >= 0.3 is 0 Å². The number of aliphatic hydroxyl groups is 2. The minimum Gasteiger partial charge on any atom is -0.497 e. The Morgan fingerprint density at radius 2 is 2.00 bits per heavy atom. The van der Waals surface area contributed by atoms with Gasteiger partial charge in [0.05, 0.1) is 19.3 Å². The zero-order chi connectivity index (χ0) is 12.8. The second kappa shape index (κ2) is 6.62. The molecular weight excluding hydrogens is 216 g/mol. The molecule has 3 heteroatoms. The van der Waals surface area contributed by atoms with E-state index in [1.54, 1.807) is 14.0 Å². The average molecular weight is 238 g/mol. The first kappa shape index (κ1) is 14.0. The summed E-state index contributed by atoms with van der Waals surface area (Å²) in [6.07, 6.45) is 0.138. The van der Waals surface area contributed by atoms with E-state index in [-0.39, 0.29) is 5.92 Å². The predicted molar refractivity (Wildman–Crippen MR) is 68.3 cm³/mol. The smallest absolute Gasteiger partial charge is 0.119 e. The molecule has 0 heterocycles. The molecule has 0 aromatic heterocycles. The van der Waals surface area contributed by atoms with Crippen LogP contribution in [-0.2, 0) is 0 Å². The van der Waals surface area contributed by atoms with Gasteiger partial charge in [-0.3, -0.25) is 0 Å². The number of hydrogen-bond acceptors (Lipinski definition) is 3. The van der Waals surface area contributed by atoms with E-state index in [9.17, 15) is 10.2 Å². The van der Waals surface area contributed by atoms with Crippen LogP contribution in [0.1, 0.15) is 38.2 Å². The molecule has 0 saturated heterocycles. The van der Waals surface area contributed by atoms with E-state index in [1.807, 2.05) is 24.3 Å². The lowest BCUT2D eigenvalue weighted by Crippen LogP contribution is -2.24. The van der Waals surface area contributed by atoms with Crippen LogP contribution >= 0.6 is 0 Å². The average Bonchev–Trinajstić information content (AvgIpc) is 2.35. The van der Waals surface area contributed by atoms with Gasteiger partial charge in [-0.25, -0.2) is 0 Å². The first-order valence-electron chi connectivity index (χ1n) is 6.08. The molecule has 3 nitrogen and oxygen atoms in total. The van der Waals surface area contributed by atoms with Crippen molar-refractivity contribution < 1.29 is 14.9 Å². The molecule has 0 bridgehead atoms. The molecular formula is C14H22O3. The first-order valence-corrected chi connectivity index (χ1v) is 6.08. The number of rotatable bonds is 6. The molecule has 0 radical (unpaired) electrons. The maximum atomic E-state index is 9.73. The van der Waals surface area contributed by atoms with Crippen LogP contribution in [0, 0.1) is 0 Å². The van der Waals surface area contributed by atoms with Crippen LogP contribution in [0.3, 0.4) is 0 Å². The Balaban J connectivity index is 2.78. The van der Waals surface area contributed by atoms with Crippen LogP contribution in [-0.4, -0.2) is 29.5 Å². The largest absolute Gasteiger partial charge is 0.497 e. The van der Waals surface area contributed by atoms with Gasteiger partial charge in [0.25, 0.3) is 0 Å². The summed E-state index contributed by atoms with van der Waals surface area (Å²) < 4.78 is 5.19. The Morgan fingerprint density at radius 3 is 2.53 bits per heavy atom. The summed E-state index contributed by atoms with van der Waals surface area (Å²) in [5, 5.41) is 19.1. The van der Waals surface area contributed by atoms with Gasteiger partial charge < -0.3 is 14.9 Å². The van der Waals surface area contributed by atoms with Crippen LogP contribution in [0.2, 0.25) is 0 Å². The van der Waals surface area contributed by atoms with Crippen LogP contribution in [0.4, 0.5) is 0 Å². The fourth-order valence-corrected chi connectivity index (χ4v) is 1.92. The highest BCUT2D eigenvalue weighted by molar-refractivity contribution is 5.30. The summed E-state index contributed by atoms with van der Waals surface area (Å²) in [6, 6.07) is 7.88. The fourth-order valence-electron chi connectivity index (χ4n) is 1.92. The minimum atomic E-state index is -0.686. The van der Waals surface area contributed by atoms with E-state index >= 15 is 0 Å². The highest BCUT2D eigenvalue weighted by atomic mass is 16.5. The van der Waals surface area contributed by atoms with Gasteiger partial charge in [-0.2, -0.15) is 0 Å². The summed E-state index contributed by atoms with van der Waals surface area (Å²) in [7, 11) is 1.64. The van der Waals surface area contributed by atoms with Crippen molar-refractivity contribution in [2.75, 3.05) is 7.11 Å². The standard InChI is InChI=1S/C14H22O3/c1-4-11(9-14(16)10(2)15)12-6-5-7-13(8-12)17-3/h5-8,10-11,14-16H,4,9H2,1-3H3. The Kier molecular flexibility index (Phi) is 5.45. The topological polar surface area (TPSA) is 49.7 Å². The molecule has 0 aliphatic carbocycles. The minimum absolute atomic E-state index is 0.245. The van der Waals surface area contributed by atoms with Crippen LogP contribution in [0.15, 0.2) is 24.3 Å². The Labute approximate surface area is 103 Å². The number of methoxy groups -OCH3 is 1. The zero-order valence-electron chi connectivity index (χ0n) is 10.8. The molecule has 1 rings (SSSR count). The highest BCUT2D eigenvalue weighted by Gasteiger charge is 2.18. The third-order valence-electron chi connectivity index (χ3n) is 3.14. The van der Waals surface area contributed by atoms with Crippen molar-refractivity contribution in [3.63, 3.8) is 0 Å². The van der Waals surface area contributed by atoms with E-state index in [0.717, 1.165) is 17.7 Å². The second-order valence-corrected chi connectivity index (χ2v) is 4.43. The molecule has 0 amide bonds. The molecule has 17 heavy (non-hydrogen) atoms. The molecule has 0 aliphatic rings. The zero-order valence-corrected chi connectivity index (χ0v) is 10.8. The normalized spacial score (nSPS) is 16.3. The third kappa shape index (κ3) is 4.02. The Hall–Kier alpha value is -1.06. The predicted octanol–water partition coefficient (Wildman–Crippen LogP) is 2.32. The molecule has 0 spiro atoms. The van der Waals surface area contributed by atoms with Crippen molar-refractivity contribution in [3.05, 3.63) is 29.8 Å². The molecule has 1 aromatic rings. The van der Waals surface area contributed by atoms with Gasteiger partial charge in [-0.05, 0) is 43.4 Å². The van der Waals surface area contributed by atoms with Crippen molar-refractivity contribution in [1.29, 1.82) is 0 Å². The highest BCUT2D eigenvalue weighted by Crippen LogP contribution is 2.28. The van der Waals surface area contributed by atoms with Crippen molar-refractivity contribution in [2.24, 2.45) is 0 Å². The first-order chi connectivity index (χ1) is 8.08. The van der Waals surface area contributed by atoms with Crippen molar-refractivity contribution in [1.82, 2.24) is 0 Å². The number of benzene rings is 1. The lowest BCUT2D eigenvalue weighted by molar-refractivity contribution is 0.0215. The van der Waals surface area contributed by atoms with Gasteiger partial charge in [0, 0.05) is 0 Å². The Bertz CT molecular complexity index is 336. The lowest BCUT2D eigenvalue weighted by Gasteiger charge is -2.21. The van der Waals surface area contributed by atoms with Crippen molar-refractivity contribution >= 4 is 0 Å². The van der Waals surface area contributed by atoms with E-state index in [0.29, 0.717) is 6.42 Å². The SMILES string of the molecule is CCC(CC(O)C(C)O)c1cccc(OC)c1. The molecule has 0 aliphatic heterocycles. The van der Waals surface area contributed by atoms with E-state index in [4.69, 9.17) is 4.74 Å². The number of aliphatic hydroxyl groups excluding tert-OH is 2. The summed E-state index contributed by atoms with van der Waals surface area (Å²) in [4.78, 5) is 0. The van der Waals surface area contributed by atoms with Crippen LogP contribution < -0.4 is 4.74 Å². The summed E-state index contributed by atoms with van der Waals surface area (Å²) in [5.74, 6) is 1.07. The summed E-state index contributed by atoms with van der Waals surface area (Å²) in [5.41, 5.74) is 1.14. The van der Waals surface area contributed by atoms with E-state index in [1.165, 1.54) is 0 Å². The molecule has 3 atom stereocenters. The molecule has 0 saturated carbocycles. The maximum absolute atomic E-state index is 9.73. The third-order valence-corrected chi connectivity index (χ3v) is 3.14. The maximum Gasteiger partial charge on any atom is 0.119 e. The molecule has 96 valence electrons. The Morgan fingerprint density at radius 1 is 1.29 bits per heavy atom. The molecule has 3 unspecified atom stereocenters.